The number of nitrogens with zero attached hydrogens (tertiary/aromatic N) is 5. The van der Waals surface area contributed by atoms with Gasteiger partial charge in [-0.25, -0.2) is 4.98 Å². The molecule has 3 heterocycles. The topological polar surface area (TPSA) is 63.5 Å². The minimum Gasteiger partial charge on any atom is -0.307 e. The van der Waals surface area contributed by atoms with Crippen LogP contribution in [-0.4, -0.2) is 59.5 Å². The van der Waals surface area contributed by atoms with E-state index in [2.05, 4.69) is 23.0 Å². The lowest BCUT2D eigenvalue weighted by Crippen LogP contribution is -2.64. The van der Waals surface area contributed by atoms with Crippen molar-refractivity contribution >= 4 is 22.4 Å². The van der Waals surface area contributed by atoms with E-state index in [4.69, 9.17) is 5.26 Å². The molecule has 4 rings (SSSR count). The molecule has 2 aliphatic heterocycles. The summed E-state index contributed by atoms with van der Waals surface area (Å²) in [6.45, 7) is 5.93. The molecule has 7 heteroatoms. The highest BCUT2D eigenvalue weighted by Gasteiger charge is 2.40. The second-order valence-electron chi connectivity index (χ2n) is 7.50. The smallest absolute Gasteiger partial charge is 0.248 e. The number of fused-ring (bicyclic) bond motifs is 1. The summed E-state index contributed by atoms with van der Waals surface area (Å²) in [7, 11) is 0. The molecule has 6 nitrogen and oxygen atoms in total. The normalized spacial score (nSPS) is 30.9. The molecule has 1 aromatic heterocycles. The minimum atomic E-state index is -0.205. The van der Waals surface area contributed by atoms with Gasteiger partial charge in [0.25, 0.3) is 0 Å². The van der Waals surface area contributed by atoms with Crippen LogP contribution in [0.2, 0.25) is 0 Å². The Morgan fingerprint density at radius 3 is 2.84 bits per heavy atom. The van der Waals surface area contributed by atoms with Gasteiger partial charge in [-0.3, -0.25) is 14.6 Å². The van der Waals surface area contributed by atoms with Gasteiger partial charge < -0.3 is 4.90 Å². The molecule has 134 valence electrons. The number of piperazine rings is 2. The summed E-state index contributed by atoms with van der Waals surface area (Å²) in [5.74, 6) is 1.40. The van der Waals surface area contributed by atoms with Crippen LogP contribution in [0.5, 0.6) is 0 Å². The molecule has 2 saturated heterocycles. The molecule has 3 atom stereocenters. The number of carbonyl (C=O) groups excluding carboxylic acids is 1. The van der Waals surface area contributed by atoms with Crippen molar-refractivity contribution in [1.82, 2.24) is 14.8 Å². The van der Waals surface area contributed by atoms with Crippen LogP contribution < -0.4 is 4.90 Å². The van der Waals surface area contributed by atoms with Crippen molar-refractivity contribution in [3.8, 4) is 6.19 Å². The number of thiazole rings is 1. The Labute approximate surface area is 153 Å². The maximum absolute atomic E-state index is 13.0. The molecule has 0 N–H and O–H groups in total. The molecule has 1 aliphatic carbocycles. The Bertz CT molecular complexity index is 683. The quantitative estimate of drug-likeness (QED) is 0.758. The fourth-order valence-corrected chi connectivity index (χ4v) is 5.65. The van der Waals surface area contributed by atoms with E-state index >= 15 is 0 Å². The van der Waals surface area contributed by atoms with Crippen LogP contribution in [0.15, 0.2) is 6.20 Å². The molecule has 0 spiro atoms. The van der Waals surface area contributed by atoms with Gasteiger partial charge in [-0.05, 0) is 18.3 Å². The van der Waals surface area contributed by atoms with E-state index in [1.54, 1.807) is 16.2 Å². The van der Waals surface area contributed by atoms with Crippen LogP contribution >= 0.6 is 11.3 Å². The second kappa shape index (κ2) is 6.93. The van der Waals surface area contributed by atoms with Gasteiger partial charge in [0.15, 0.2) is 11.3 Å². The Balaban J connectivity index is 1.50. The standard InChI is InChI=1S/C18H25N5OS/c1-13-4-2-3-5-14(13)16-10-20-18(25-16)23-9-8-22-7-6-21(12-19)11-15(22)17(23)24/h10,13-15H,2-9,11H2,1H3/t13-,14-,15?/m1/s1. The van der Waals surface area contributed by atoms with Crippen LogP contribution in [0.4, 0.5) is 5.13 Å². The summed E-state index contributed by atoms with van der Waals surface area (Å²) in [6.07, 6.45) is 9.35. The first-order valence-electron chi connectivity index (χ1n) is 9.33. The van der Waals surface area contributed by atoms with Crippen molar-refractivity contribution in [1.29, 1.82) is 5.26 Å². The first-order chi connectivity index (χ1) is 12.2. The average molecular weight is 359 g/mol. The summed E-state index contributed by atoms with van der Waals surface area (Å²) in [5.41, 5.74) is 0. The molecule has 1 aromatic rings. The zero-order chi connectivity index (χ0) is 17.4. The van der Waals surface area contributed by atoms with Crippen molar-refractivity contribution in [3.63, 3.8) is 0 Å². The first-order valence-corrected chi connectivity index (χ1v) is 10.1. The van der Waals surface area contributed by atoms with Crippen molar-refractivity contribution in [3.05, 3.63) is 11.1 Å². The van der Waals surface area contributed by atoms with E-state index in [-0.39, 0.29) is 11.9 Å². The van der Waals surface area contributed by atoms with Gasteiger partial charge in [0, 0.05) is 37.3 Å². The highest BCUT2D eigenvalue weighted by molar-refractivity contribution is 7.15. The molecular formula is C18H25N5OS. The SMILES string of the molecule is C[C@@H]1CCCC[C@H]1c1cnc(N2CCN3CCN(C#N)CC3C2=O)s1. The molecule has 1 saturated carbocycles. The van der Waals surface area contributed by atoms with Crippen LogP contribution in [0.1, 0.15) is 43.4 Å². The van der Waals surface area contributed by atoms with Crippen molar-refractivity contribution in [2.24, 2.45) is 5.92 Å². The number of amides is 1. The lowest BCUT2D eigenvalue weighted by molar-refractivity contribution is -0.127. The Morgan fingerprint density at radius 2 is 2.04 bits per heavy atom. The third-order valence-corrected chi connectivity index (χ3v) is 7.17. The molecule has 25 heavy (non-hydrogen) atoms. The predicted molar refractivity (Wildman–Crippen MR) is 97.4 cm³/mol. The molecule has 3 fully saturated rings. The predicted octanol–water partition coefficient (Wildman–Crippen LogP) is 2.25. The average Bonchev–Trinajstić information content (AvgIpc) is 3.12. The van der Waals surface area contributed by atoms with Crippen LogP contribution in [0, 0.1) is 17.4 Å². The summed E-state index contributed by atoms with van der Waals surface area (Å²) in [4.78, 5) is 24.7. The van der Waals surface area contributed by atoms with Gasteiger partial charge in [-0.15, -0.1) is 11.3 Å². The monoisotopic (exact) mass is 359 g/mol. The fourth-order valence-electron chi connectivity index (χ4n) is 4.43. The van der Waals surface area contributed by atoms with Crippen LogP contribution in [0.3, 0.4) is 0 Å². The first kappa shape index (κ1) is 16.8. The zero-order valence-corrected chi connectivity index (χ0v) is 15.5. The molecule has 1 amide bonds. The fraction of sp³-hybridized carbons (Fsp3) is 0.722. The molecule has 0 aromatic carbocycles. The Kier molecular flexibility index (Phi) is 4.65. The number of aromatic nitrogens is 1. The number of rotatable bonds is 2. The third-order valence-electron chi connectivity index (χ3n) is 6.01. The van der Waals surface area contributed by atoms with Crippen LogP contribution in [0.25, 0.3) is 0 Å². The summed E-state index contributed by atoms with van der Waals surface area (Å²) in [5, 5.41) is 9.98. The maximum Gasteiger partial charge on any atom is 0.248 e. The summed E-state index contributed by atoms with van der Waals surface area (Å²) in [6, 6.07) is -0.205. The minimum absolute atomic E-state index is 0.101. The van der Waals surface area contributed by atoms with E-state index in [0.717, 1.165) is 24.8 Å². The molecule has 0 radical (unpaired) electrons. The molecular weight excluding hydrogens is 334 g/mol. The van der Waals surface area contributed by atoms with Crippen LogP contribution in [-0.2, 0) is 4.79 Å². The molecule has 1 unspecified atom stereocenters. The molecule has 3 aliphatic rings. The van der Waals surface area contributed by atoms with E-state index in [1.165, 1.54) is 30.6 Å². The number of anilines is 1. The van der Waals surface area contributed by atoms with Gasteiger partial charge in [0.2, 0.25) is 5.91 Å². The van der Waals surface area contributed by atoms with E-state index in [0.29, 0.717) is 24.9 Å². The van der Waals surface area contributed by atoms with Gasteiger partial charge in [-0.1, -0.05) is 26.2 Å². The van der Waals surface area contributed by atoms with E-state index in [1.807, 2.05) is 11.1 Å². The van der Waals surface area contributed by atoms with Gasteiger partial charge >= 0.3 is 0 Å². The number of nitriles is 1. The lowest BCUT2D eigenvalue weighted by Gasteiger charge is -2.44. The van der Waals surface area contributed by atoms with E-state index < -0.39 is 0 Å². The highest BCUT2D eigenvalue weighted by atomic mass is 32.1. The highest BCUT2D eigenvalue weighted by Crippen LogP contribution is 2.41. The maximum atomic E-state index is 13.0. The second-order valence-corrected chi connectivity index (χ2v) is 8.54. The third kappa shape index (κ3) is 3.13. The summed E-state index contributed by atoms with van der Waals surface area (Å²) < 4.78 is 0. The largest absolute Gasteiger partial charge is 0.307 e. The van der Waals surface area contributed by atoms with Crippen molar-refractivity contribution in [2.45, 2.75) is 44.6 Å². The van der Waals surface area contributed by atoms with E-state index in [9.17, 15) is 4.79 Å². The Hall–Kier alpha value is -1.65. The zero-order valence-electron chi connectivity index (χ0n) is 14.7. The van der Waals surface area contributed by atoms with Crippen molar-refractivity contribution in [2.75, 3.05) is 37.6 Å². The Morgan fingerprint density at radius 1 is 1.24 bits per heavy atom. The summed E-state index contributed by atoms with van der Waals surface area (Å²) >= 11 is 1.70. The van der Waals surface area contributed by atoms with Crippen molar-refractivity contribution < 1.29 is 4.79 Å². The van der Waals surface area contributed by atoms with Gasteiger partial charge in [-0.2, -0.15) is 5.26 Å². The lowest BCUT2D eigenvalue weighted by atomic mass is 9.80. The number of carbonyl (C=O) groups is 1. The van der Waals surface area contributed by atoms with Gasteiger partial charge in [0.05, 0.1) is 6.54 Å². The van der Waals surface area contributed by atoms with Gasteiger partial charge in [0.1, 0.15) is 6.04 Å². The molecule has 0 bridgehead atoms. The number of hydrogen-bond acceptors (Lipinski definition) is 6. The number of hydrogen-bond donors (Lipinski definition) is 0.